The minimum absolute atomic E-state index is 0.158. The van der Waals surface area contributed by atoms with Crippen molar-refractivity contribution in [1.29, 1.82) is 0 Å². The molecule has 22 heavy (non-hydrogen) atoms. The third kappa shape index (κ3) is 2.67. The Labute approximate surface area is 131 Å². The standard InChI is InChI=1S/C17H16N2O2S/c1-10-5-6-12-8-13(16(20)19-15(12)11(10)2)9-18-17(21)14-4-3-7-22-14/h3-8H,9H2,1-2H3,(H,18,21)(H,19,20). The van der Waals surface area contributed by atoms with Gasteiger partial charge in [0, 0.05) is 12.1 Å². The third-order valence-electron chi connectivity index (χ3n) is 3.81. The fourth-order valence-corrected chi connectivity index (χ4v) is 3.01. The highest BCUT2D eigenvalue weighted by molar-refractivity contribution is 7.12. The quantitative estimate of drug-likeness (QED) is 0.780. The van der Waals surface area contributed by atoms with Crippen LogP contribution in [0.4, 0.5) is 0 Å². The lowest BCUT2D eigenvalue weighted by molar-refractivity contribution is 0.0955. The van der Waals surface area contributed by atoms with E-state index in [0.717, 1.165) is 22.0 Å². The summed E-state index contributed by atoms with van der Waals surface area (Å²) in [5, 5.41) is 5.61. The van der Waals surface area contributed by atoms with E-state index in [1.54, 1.807) is 6.07 Å². The van der Waals surface area contributed by atoms with Crippen molar-refractivity contribution in [2.24, 2.45) is 0 Å². The smallest absolute Gasteiger partial charge is 0.261 e. The molecular formula is C17H16N2O2S. The van der Waals surface area contributed by atoms with E-state index >= 15 is 0 Å². The van der Waals surface area contributed by atoms with Crippen LogP contribution in [0, 0.1) is 13.8 Å². The van der Waals surface area contributed by atoms with Crippen molar-refractivity contribution in [2.45, 2.75) is 20.4 Å². The maximum Gasteiger partial charge on any atom is 0.261 e. The van der Waals surface area contributed by atoms with E-state index in [1.165, 1.54) is 11.3 Å². The van der Waals surface area contributed by atoms with Crippen LogP contribution in [0.2, 0.25) is 0 Å². The summed E-state index contributed by atoms with van der Waals surface area (Å²) in [6, 6.07) is 9.45. The number of aromatic amines is 1. The Balaban J connectivity index is 1.88. The first-order valence-corrected chi connectivity index (χ1v) is 7.88. The monoisotopic (exact) mass is 312 g/mol. The lowest BCUT2D eigenvalue weighted by atomic mass is 10.0. The molecule has 0 aliphatic carbocycles. The summed E-state index contributed by atoms with van der Waals surface area (Å²) in [4.78, 5) is 27.7. The van der Waals surface area contributed by atoms with Gasteiger partial charge in [0.05, 0.1) is 10.4 Å². The summed E-state index contributed by atoms with van der Waals surface area (Å²) in [7, 11) is 0. The number of amides is 1. The molecule has 0 radical (unpaired) electrons. The fraction of sp³-hybridized carbons (Fsp3) is 0.176. The van der Waals surface area contributed by atoms with Crippen LogP contribution in [0.1, 0.15) is 26.4 Å². The summed E-state index contributed by atoms with van der Waals surface area (Å²) in [5.41, 5.74) is 3.47. The van der Waals surface area contributed by atoms with Crippen molar-refractivity contribution < 1.29 is 4.79 Å². The van der Waals surface area contributed by atoms with E-state index in [-0.39, 0.29) is 18.0 Å². The van der Waals surface area contributed by atoms with Gasteiger partial charge in [-0.05, 0) is 47.9 Å². The van der Waals surface area contributed by atoms with Crippen molar-refractivity contribution in [3.05, 3.63) is 67.6 Å². The predicted molar refractivity (Wildman–Crippen MR) is 89.5 cm³/mol. The Morgan fingerprint density at radius 2 is 2.09 bits per heavy atom. The summed E-state index contributed by atoms with van der Waals surface area (Å²) in [5.74, 6) is -0.158. The van der Waals surface area contributed by atoms with Gasteiger partial charge < -0.3 is 10.3 Å². The number of H-pyrrole nitrogens is 1. The number of carbonyl (C=O) groups is 1. The predicted octanol–water partition coefficient (Wildman–Crippen LogP) is 3.14. The molecule has 5 heteroatoms. The van der Waals surface area contributed by atoms with Gasteiger partial charge in [-0.2, -0.15) is 0 Å². The maximum atomic E-state index is 12.2. The van der Waals surface area contributed by atoms with Gasteiger partial charge in [0.25, 0.3) is 11.5 Å². The number of aryl methyl sites for hydroxylation is 2. The van der Waals surface area contributed by atoms with Gasteiger partial charge in [0.1, 0.15) is 0 Å². The number of benzene rings is 1. The highest BCUT2D eigenvalue weighted by Gasteiger charge is 2.09. The molecule has 0 spiro atoms. The molecule has 112 valence electrons. The first kappa shape index (κ1) is 14.5. The molecule has 0 fully saturated rings. The summed E-state index contributed by atoms with van der Waals surface area (Å²) >= 11 is 1.38. The van der Waals surface area contributed by atoms with Crippen LogP contribution in [0.25, 0.3) is 10.9 Å². The van der Waals surface area contributed by atoms with E-state index in [2.05, 4.69) is 10.3 Å². The Hall–Kier alpha value is -2.40. The zero-order chi connectivity index (χ0) is 15.7. The molecule has 3 rings (SSSR count). The van der Waals surface area contributed by atoms with Gasteiger partial charge >= 0.3 is 0 Å². The van der Waals surface area contributed by atoms with Crippen LogP contribution in [0.15, 0.2) is 40.5 Å². The van der Waals surface area contributed by atoms with Gasteiger partial charge in [-0.3, -0.25) is 9.59 Å². The molecule has 0 aliphatic heterocycles. The van der Waals surface area contributed by atoms with Crippen molar-refractivity contribution in [3.63, 3.8) is 0 Å². The van der Waals surface area contributed by atoms with Crippen LogP contribution in [-0.2, 0) is 6.54 Å². The van der Waals surface area contributed by atoms with Gasteiger partial charge in [-0.25, -0.2) is 0 Å². The SMILES string of the molecule is Cc1ccc2cc(CNC(=O)c3cccs3)c(=O)[nH]c2c1C. The number of hydrogen-bond donors (Lipinski definition) is 2. The average molecular weight is 312 g/mol. The zero-order valence-electron chi connectivity index (χ0n) is 12.4. The number of hydrogen-bond acceptors (Lipinski definition) is 3. The van der Waals surface area contributed by atoms with Crippen molar-refractivity contribution in [1.82, 2.24) is 10.3 Å². The number of thiophene rings is 1. The average Bonchev–Trinajstić information content (AvgIpc) is 3.04. The van der Waals surface area contributed by atoms with Gasteiger partial charge in [0.2, 0.25) is 0 Å². The van der Waals surface area contributed by atoms with E-state index < -0.39 is 0 Å². The second kappa shape index (κ2) is 5.77. The van der Waals surface area contributed by atoms with Gasteiger partial charge in [-0.15, -0.1) is 11.3 Å². The van der Waals surface area contributed by atoms with Gasteiger partial charge in [-0.1, -0.05) is 18.2 Å². The summed E-state index contributed by atoms with van der Waals surface area (Å²) in [6.45, 7) is 4.23. The highest BCUT2D eigenvalue weighted by Crippen LogP contribution is 2.18. The molecule has 2 N–H and O–H groups in total. The molecule has 2 aromatic heterocycles. The lowest BCUT2D eigenvalue weighted by Gasteiger charge is -2.08. The Kier molecular flexibility index (Phi) is 3.81. The molecule has 0 saturated carbocycles. The second-order valence-corrected chi connectivity index (χ2v) is 6.20. The molecular weight excluding hydrogens is 296 g/mol. The van der Waals surface area contributed by atoms with Gasteiger partial charge in [0.15, 0.2) is 0 Å². The van der Waals surface area contributed by atoms with Crippen LogP contribution < -0.4 is 10.9 Å². The number of rotatable bonds is 3. The summed E-state index contributed by atoms with van der Waals surface area (Å²) < 4.78 is 0. The number of pyridine rings is 1. The fourth-order valence-electron chi connectivity index (χ4n) is 2.37. The molecule has 0 saturated heterocycles. The largest absolute Gasteiger partial charge is 0.347 e. The Morgan fingerprint density at radius 3 is 2.82 bits per heavy atom. The second-order valence-electron chi connectivity index (χ2n) is 5.26. The first-order chi connectivity index (χ1) is 10.6. The third-order valence-corrected chi connectivity index (χ3v) is 4.68. The number of nitrogens with one attached hydrogen (secondary N) is 2. The van der Waals surface area contributed by atoms with Crippen molar-refractivity contribution in [3.8, 4) is 0 Å². The number of carbonyl (C=O) groups excluding carboxylic acids is 1. The molecule has 0 unspecified atom stereocenters. The topological polar surface area (TPSA) is 62.0 Å². The van der Waals surface area contributed by atoms with Crippen molar-refractivity contribution in [2.75, 3.05) is 0 Å². The summed E-state index contributed by atoms with van der Waals surface area (Å²) in [6.07, 6.45) is 0. The van der Waals surface area contributed by atoms with Crippen LogP contribution in [0.3, 0.4) is 0 Å². The molecule has 3 aromatic rings. The number of fused-ring (bicyclic) bond motifs is 1. The van der Waals surface area contributed by atoms with E-state index in [4.69, 9.17) is 0 Å². The van der Waals surface area contributed by atoms with Crippen LogP contribution in [-0.4, -0.2) is 10.9 Å². The van der Waals surface area contributed by atoms with E-state index in [0.29, 0.717) is 10.4 Å². The highest BCUT2D eigenvalue weighted by atomic mass is 32.1. The molecule has 1 aromatic carbocycles. The molecule has 0 bridgehead atoms. The molecule has 0 atom stereocenters. The molecule has 4 nitrogen and oxygen atoms in total. The van der Waals surface area contributed by atoms with E-state index in [9.17, 15) is 9.59 Å². The maximum absolute atomic E-state index is 12.2. The first-order valence-electron chi connectivity index (χ1n) is 7.00. The Morgan fingerprint density at radius 1 is 1.27 bits per heavy atom. The zero-order valence-corrected chi connectivity index (χ0v) is 13.2. The molecule has 1 amide bonds. The lowest BCUT2D eigenvalue weighted by Crippen LogP contribution is -2.26. The minimum atomic E-state index is -0.160. The normalized spacial score (nSPS) is 10.8. The van der Waals surface area contributed by atoms with Crippen molar-refractivity contribution >= 4 is 28.1 Å². The number of aromatic nitrogens is 1. The minimum Gasteiger partial charge on any atom is -0.347 e. The van der Waals surface area contributed by atoms with E-state index in [1.807, 2.05) is 43.5 Å². The van der Waals surface area contributed by atoms with Crippen LogP contribution in [0.5, 0.6) is 0 Å². The molecule has 0 aliphatic rings. The Bertz CT molecular complexity index is 895. The molecule has 2 heterocycles. The van der Waals surface area contributed by atoms with Crippen LogP contribution >= 0.6 is 11.3 Å².